The molecule has 4 aromatic heterocycles. The first-order chi connectivity index (χ1) is 38.4. The van der Waals surface area contributed by atoms with E-state index in [-0.39, 0.29) is 0 Å². The Balaban J connectivity index is 0.865. The lowest BCUT2D eigenvalue weighted by Gasteiger charge is -2.12. The fourth-order valence-electron chi connectivity index (χ4n) is 10.2. The topological polar surface area (TPSA) is 70.0 Å². The first-order valence-electron chi connectivity index (χ1n) is 27.5. The number of hydrogen-bond acceptors (Lipinski definition) is 6. The zero-order chi connectivity index (χ0) is 53.2. The normalized spacial score (nSPS) is 11.1. The van der Waals surface area contributed by atoms with Crippen molar-refractivity contribution in [2.24, 2.45) is 0 Å². The molecule has 0 N–H and O–H groups in total. The third-order valence-electron chi connectivity index (χ3n) is 14.8. The molecule has 6 heteroatoms. The molecule has 0 aliphatic carbocycles. The fraction of sp³-hybridized carbons (Fsp3) is 0.194. The lowest BCUT2D eigenvalue weighted by Crippen LogP contribution is -1.99. The van der Waals surface area contributed by atoms with E-state index in [0.717, 1.165) is 148 Å². The van der Waals surface area contributed by atoms with Crippen molar-refractivity contribution in [1.82, 2.24) is 19.9 Å². The van der Waals surface area contributed by atoms with E-state index in [1.807, 2.05) is 48.5 Å². The third kappa shape index (κ3) is 11.5. The second-order valence-electron chi connectivity index (χ2n) is 20.1. The highest BCUT2D eigenvalue weighted by Crippen LogP contribution is 2.32. The van der Waals surface area contributed by atoms with Gasteiger partial charge in [0.25, 0.3) is 0 Å². The SMILES string of the molecule is CCCCCCc1cc(C#Cc2ccc(-c3ccc4ccc5ccc(-c6ccc(OC)cc6)nc5c4n3)cc2)c(CCCCCC)cc1C#Cc1ccc(-c2ccc3ccc4ccc(-c5ccc(OC)cc5)nc4c3n2)cc1. The highest BCUT2D eigenvalue weighted by molar-refractivity contribution is 6.05. The molecule has 0 fully saturated rings. The second-order valence-corrected chi connectivity index (χ2v) is 20.1. The molecule has 0 spiro atoms. The van der Waals surface area contributed by atoms with E-state index < -0.39 is 0 Å². The van der Waals surface area contributed by atoms with E-state index in [0.29, 0.717) is 0 Å². The molecule has 7 aromatic carbocycles. The molecule has 78 heavy (non-hydrogen) atoms. The Morgan fingerprint density at radius 2 is 0.615 bits per heavy atom. The van der Waals surface area contributed by atoms with Gasteiger partial charge in [-0.25, -0.2) is 19.9 Å². The summed E-state index contributed by atoms with van der Waals surface area (Å²) in [6.07, 6.45) is 11.4. The van der Waals surface area contributed by atoms with Gasteiger partial charge in [0.1, 0.15) is 11.5 Å². The van der Waals surface area contributed by atoms with Gasteiger partial charge in [-0.3, -0.25) is 0 Å². The number of pyridine rings is 4. The van der Waals surface area contributed by atoms with E-state index in [1.54, 1.807) is 14.2 Å². The van der Waals surface area contributed by atoms with E-state index in [4.69, 9.17) is 29.4 Å². The monoisotopic (exact) mass is 1010 g/mol. The van der Waals surface area contributed by atoms with E-state index in [2.05, 4.69) is 171 Å². The van der Waals surface area contributed by atoms with Crippen LogP contribution >= 0.6 is 0 Å². The van der Waals surface area contributed by atoms with Crippen LogP contribution in [0.1, 0.15) is 98.6 Å². The maximum atomic E-state index is 5.39. The Morgan fingerprint density at radius 3 is 0.910 bits per heavy atom. The molecule has 0 atom stereocenters. The lowest BCUT2D eigenvalue weighted by molar-refractivity contribution is 0.415. The van der Waals surface area contributed by atoms with Crippen LogP contribution in [0.3, 0.4) is 0 Å². The Bertz CT molecular complexity index is 3800. The third-order valence-corrected chi connectivity index (χ3v) is 14.8. The molecular weight excluding hydrogens is 953 g/mol. The number of fused-ring (bicyclic) bond motifs is 6. The van der Waals surface area contributed by atoms with Crippen molar-refractivity contribution in [3.63, 3.8) is 0 Å². The number of ether oxygens (including phenoxy) is 2. The van der Waals surface area contributed by atoms with Crippen LogP contribution in [0.5, 0.6) is 11.5 Å². The molecule has 11 rings (SSSR count). The number of methoxy groups -OCH3 is 2. The van der Waals surface area contributed by atoms with E-state index in [9.17, 15) is 0 Å². The summed E-state index contributed by atoms with van der Waals surface area (Å²) in [5.41, 5.74) is 17.9. The van der Waals surface area contributed by atoms with Crippen LogP contribution in [-0.2, 0) is 12.8 Å². The first-order valence-corrected chi connectivity index (χ1v) is 27.5. The van der Waals surface area contributed by atoms with Crippen molar-refractivity contribution in [2.75, 3.05) is 14.2 Å². The molecule has 0 radical (unpaired) electrons. The minimum atomic E-state index is 0.819. The number of aromatic nitrogens is 4. The molecule has 0 aliphatic rings. The van der Waals surface area contributed by atoms with Crippen molar-refractivity contribution >= 4 is 43.6 Å². The summed E-state index contributed by atoms with van der Waals surface area (Å²) < 4.78 is 10.8. The van der Waals surface area contributed by atoms with Gasteiger partial charge in [0.15, 0.2) is 0 Å². The van der Waals surface area contributed by atoms with Gasteiger partial charge in [-0.05, 0) is 146 Å². The van der Waals surface area contributed by atoms with Gasteiger partial charge in [0.2, 0.25) is 0 Å². The van der Waals surface area contributed by atoms with Gasteiger partial charge in [0.05, 0.1) is 59.1 Å². The summed E-state index contributed by atoms with van der Waals surface area (Å²) >= 11 is 0. The summed E-state index contributed by atoms with van der Waals surface area (Å²) in [4.78, 5) is 20.7. The number of unbranched alkanes of at least 4 members (excludes halogenated alkanes) is 6. The largest absolute Gasteiger partial charge is 0.497 e. The number of rotatable bonds is 16. The molecule has 0 aliphatic heterocycles. The van der Waals surface area contributed by atoms with Crippen LogP contribution in [0.2, 0.25) is 0 Å². The standard InChI is InChI=1S/C72H62N4O2/c1-5-7-9-11-13-59-47-62(26-20-50-17-23-52(24-18-50)66-44-36-56-28-30-58-38-46-68(76-72(58)70(56)74-66)54-33-41-64(78-4)42-34-54)60(14-12-10-8-6-2)48-61(59)25-19-49-15-21-51(22-16-49)65-43-35-55-27-29-57-37-45-67(75-71(57)69(55)73-65)53-31-39-63(77-3)40-32-53/h15-18,21-24,27-48H,5-14H2,1-4H3. The number of nitrogens with zero attached hydrogens (tertiary/aromatic N) is 4. The Hall–Kier alpha value is -9.10. The van der Waals surface area contributed by atoms with Crippen LogP contribution in [0.4, 0.5) is 0 Å². The zero-order valence-electron chi connectivity index (χ0n) is 45.0. The zero-order valence-corrected chi connectivity index (χ0v) is 45.0. The van der Waals surface area contributed by atoms with E-state index >= 15 is 0 Å². The Morgan fingerprint density at radius 1 is 0.321 bits per heavy atom. The molecule has 0 bridgehead atoms. The van der Waals surface area contributed by atoms with Gasteiger partial charge in [-0.15, -0.1) is 0 Å². The first kappa shape index (κ1) is 51.0. The Kier molecular flexibility index (Phi) is 15.6. The number of aryl methyl sites for hydroxylation is 2. The van der Waals surface area contributed by atoms with Crippen LogP contribution in [0.15, 0.2) is 182 Å². The van der Waals surface area contributed by atoms with Crippen LogP contribution < -0.4 is 9.47 Å². The predicted molar refractivity (Wildman–Crippen MR) is 323 cm³/mol. The molecule has 0 amide bonds. The fourth-order valence-corrected chi connectivity index (χ4v) is 10.2. The summed E-state index contributed by atoms with van der Waals surface area (Å²) in [6.45, 7) is 4.53. The number of hydrogen-bond donors (Lipinski definition) is 0. The van der Waals surface area contributed by atoms with Crippen molar-refractivity contribution in [2.45, 2.75) is 78.1 Å². The van der Waals surface area contributed by atoms with Gasteiger partial charge >= 0.3 is 0 Å². The smallest absolute Gasteiger partial charge is 0.118 e. The maximum absolute atomic E-state index is 5.39. The van der Waals surface area contributed by atoms with Gasteiger partial charge in [-0.2, -0.15) is 0 Å². The molecule has 6 nitrogen and oxygen atoms in total. The van der Waals surface area contributed by atoms with Crippen LogP contribution in [0, 0.1) is 23.7 Å². The minimum absolute atomic E-state index is 0.819. The quantitative estimate of drug-likeness (QED) is 0.0546. The summed E-state index contributed by atoms with van der Waals surface area (Å²) in [7, 11) is 3.36. The van der Waals surface area contributed by atoms with Gasteiger partial charge < -0.3 is 9.47 Å². The van der Waals surface area contributed by atoms with Crippen molar-refractivity contribution in [1.29, 1.82) is 0 Å². The van der Waals surface area contributed by atoms with Gasteiger partial charge in [-0.1, -0.05) is 149 Å². The molecular formula is C72H62N4O2. The average molecular weight is 1020 g/mol. The molecule has 0 saturated heterocycles. The predicted octanol–water partition coefficient (Wildman–Crippen LogP) is 17.6. The van der Waals surface area contributed by atoms with Crippen LogP contribution in [-0.4, -0.2) is 34.2 Å². The minimum Gasteiger partial charge on any atom is -0.497 e. The molecule has 4 heterocycles. The lowest BCUT2D eigenvalue weighted by atomic mass is 9.92. The number of benzene rings is 7. The van der Waals surface area contributed by atoms with Crippen LogP contribution in [0.25, 0.3) is 88.6 Å². The molecule has 0 saturated carbocycles. The van der Waals surface area contributed by atoms with Gasteiger partial charge in [0, 0.05) is 66.1 Å². The second kappa shape index (κ2) is 23.8. The highest BCUT2D eigenvalue weighted by atomic mass is 16.5. The van der Waals surface area contributed by atoms with Crippen molar-refractivity contribution < 1.29 is 9.47 Å². The average Bonchev–Trinajstić information content (AvgIpc) is 3.57. The van der Waals surface area contributed by atoms with Crippen molar-refractivity contribution in [3.8, 4) is 80.2 Å². The summed E-state index contributed by atoms with van der Waals surface area (Å²) in [5, 5.41) is 4.22. The van der Waals surface area contributed by atoms with Crippen molar-refractivity contribution in [3.05, 3.63) is 215 Å². The molecule has 382 valence electrons. The summed E-state index contributed by atoms with van der Waals surface area (Å²) in [5.74, 6) is 16.1. The highest BCUT2D eigenvalue weighted by Gasteiger charge is 2.13. The molecule has 11 aromatic rings. The molecule has 0 unspecified atom stereocenters. The van der Waals surface area contributed by atoms with E-state index in [1.165, 1.54) is 49.7 Å². The maximum Gasteiger partial charge on any atom is 0.118 e. The summed E-state index contributed by atoms with van der Waals surface area (Å²) in [6, 6.07) is 63.1. The Labute approximate surface area is 458 Å².